The molecule has 4 rings (SSSR count). The van der Waals surface area contributed by atoms with Crippen LogP contribution in [0, 0.1) is 23.0 Å². The standard InChI is InChI=1S/C33H41F2N3O4.Na/c1-5-7-27(21-8-10-22(11-9-21)30(41)36-17-14-28(39)40)38-31(42)29(23-18-25(34)20-26(35)19-23)37-33(38)15-12-24(13-16-33)32(3,4)6-2;/h8-11,18-20,24,27H,5-7,12-17H2,1-4H3,(H,36,41)(H,39,40);/q;+1/p-1/t24?,27-,33?;/m1./s1. The number of carbonyl (C=O) groups is 3. The van der Waals surface area contributed by atoms with Crippen LogP contribution in [0.2, 0.25) is 0 Å². The van der Waals surface area contributed by atoms with Gasteiger partial charge in [-0.1, -0.05) is 52.7 Å². The van der Waals surface area contributed by atoms with Gasteiger partial charge in [-0.25, -0.2) is 8.78 Å². The van der Waals surface area contributed by atoms with E-state index in [2.05, 4.69) is 26.1 Å². The van der Waals surface area contributed by atoms with Gasteiger partial charge in [-0.3, -0.25) is 14.6 Å². The smallest absolute Gasteiger partial charge is 0.550 e. The first-order chi connectivity index (χ1) is 19.9. The predicted molar refractivity (Wildman–Crippen MR) is 155 cm³/mol. The van der Waals surface area contributed by atoms with E-state index in [9.17, 15) is 28.3 Å². The zero-order valence-electron chi connectivity index (χ0n) is 25.8. The summed E-state index contributed by atoms with van der Waals surface area (Å²) >= 11 is 0. The summed E-state index contributed by atoms with van der Waals surface area (Å²) in [6.45, 7) is 8.73. The van der Waals surface area contributed by atoms with Gasteiger partial charge in [0.15, 0.2) is 0 Å². The van der Waals surface area contributed by atoms with Crippen LogP contribution in [0.25, 0.3) is 0 Å². The molecule has 7 nitrogen and oxygen atoms in total. The average molecular weight is 604 g/mol. The molecule has 1 aliphatic carbocycles. The Hall–Kier alpha value is -2.62. The molecule has 1 aliphatic heterocycles. The maximum absolute atomic E-state index is 14.2. The zero-order chi connectivity index (χ0) is 30.7. The third-order valence-corrected chi connectivity index (χ3v) is 9.17. The van der Waals surface area contributed by atoms with E-state index in [1.165, 1.54) is 0 Å². The second-order valence-electron chi connectivity index (χ2n) is 12.2. The van der Waals surface area contributed by atoms with E-state index in [-0.39, 0.29) is 71.2 Å². The number of benzene rings is 2. The van der Waals surface area contributed by atoms with Crippen LogP contribution in [0.4, 0.5) is 8.78 Å². The molecule has 226 valence electrons. The summed E-state index contributed by atoms with van der Waals surface area (Å²) in [7, 11) is 0. The Morgan fingerprint density at radius 1 is 1.09 bits per heavy atom. The van der Waals surface area contributed by atoms with Crippen LogP contribution in [-0.2, 0) is 9.59 Å². The van der Waals surface area contributed by atoms with Crippen molar-refractivity contribution in [2.75, 3.05) is 6.54 Å². The molecular formula is C33H40F2N3NaO4. The van der Waals surface area contributed by atoms with E-state index >= 15 is 0 Å². The van der Waals surface area contributed by atoms with E-state index in [0.29, 0.717) is 30.7 Å². The van der Waals surface area contributed by atoms with Crippen LogP contribution in [-0.4, -0.2) is 40.6 Å². The number of hydrogen-bond donors (Lipinski definition) is 1. The fraction of sp³-hybridized carbons (Fsp3) is 0.515. The molecule has 2 aromatic carbocycles. The van der Waals surface area contributed by atoms with Crippen molar-refractivity contribution in [2.45, 2.75) is 90.8 Å². The Morgan fingerprint density at radius 2 is 1.70 bits per heavy atom. The Morgan fingerprint density at radius 3 is 2.23 bits per heavy atom. The molecular weight excluding hydrogens is 563 g/mol. The number of amides is 2. The van der Waals surface area contributed by atoms with Gasteiger partial charge in [-0.2, -0.15) is 0 Å². The molecule has 0 saturated heterocycles. The van der Waals surface area contributed by atoms with Gasteiger partial charge >= 0.3 is 29.6 Å². The van der Waals surface area contributed by atoms with E-state index in [1.807, 2.05) is 11.8 Å². The minimum absolute atomic E-state index is 0. The summed E-state index contributed by atoms with van der Waals surface area (Å²) < 4.78 is 28.5. The fourth-order valence-corrected chi connectivity index (χ4v) is 6.38. The van der Waals surface area contributed by atoms with Gasteiger partial charge < -0.3 is 20.1 Å². The van der Waals surface area contributed by atoms with Gasteiger partial charge in [0.25, 0.3) is 11.8 Å². The number of nitrogens with zero attached hydrogens (tertiary/aromatic N) is 2. The molecule has 1 spiro atoms. The number of carboxylic acids is 1. The van der Waals surface area contributed by atoms with Crippen molar-refractivity contribution >= 4 is 23.5 Å². The number of carbonyl (C=O) groups excluding carboxylic acids is 3. The minimum atomic E-state index is -1.24. The van der Waals surface area contributed by atoms with Crippen LogP contribution < -0.4 is 40.0 Å². The molecule has 1 N–H and O–H groups in total. The van der Waals surface area contributed by atoms with Crippen molar-refractivity contribution in [3.63, 3.8) is 0 Å². The third kappa shape index (κ3) is 7.73. The van der Waals surface area contributed by atoms with Gasteiger partial charge in [0.1, 0.15) is 23.0 Å². The molecule has 1 heterocycles. The van der Waals surface area contributed by atoms with Crippen molar-refractivity contribution in [3.05, 3.63) is 70.8 Å². The zero-order valence-corrected chi connectivity index (χ0v) is 27.8. The molecule has 2 aromatic rings. The topological polar surface area (TPSA) is 102 Å². The number of carboxylic acid groups (broad SMARTS) is 1. The van der Waals surface area contributed by atoms with E-state index < -0.39 is 29.2 Å². The molecule has 2 amide bonds. The Labute approximate surface area is 274 Å². The van der Waals surface area contributed by atoms with Crippen molar-refractivity contribution in [2.24, 2.45) is 16.3 Å². The Kier molecular flexibility index (Phi) is 11.7. The molecule has 10 heteroatoms. The van der Waals surface area contributed by atoms with Crippen molar-refractivity contribution in [3.8, 4) is 0 Å². The van der Waals surface area contributed by atoms with E-state index in [1.54, 1.807) is 24.3 Å². The third-order valence-electron chi connectivity index (χ3n) is 9.17. The predicted octanol–water partition coefficient (Wildman–Crippen LogP) is 2.33. The summed E-state index contributed by atoms with van der Waals surface area (Å²) in [5.74, 6) is -3.06. The molecule has 2 aliphatic rings. The number of hydrogen-bond acceptors (Lipinski definition) is 5. The molecule has 0 bridgehead atoms. The number of rotatable bonds is 11. The van der Waals surface area contributed by atoms with Crippen molar-refractivity contribution in [1.29, 1.82) is 0 Å². The maximum Gasteiger partial charge on any atom is 1.00 e. The summed E-state index contributed by atoms with van der Waals surface area (Å²) in [6.07, 6.45) is 5.21. The minimum Gasteiger partial charge on any atom is -0.550 e. The first-order valence-corrected chi connectivity index (χ1v) is 14.9. The normalized spacial score (nSPS) is 20.9. The van der Waals surface area contributed by atoms with Gasteiger partial charge in [0.2, 0.25) is 0 Å². The molecule has 43 heavy (non-hydrogen) atoms. The SMILES string of the molecule is CCC[C@H](c1ccc(C(=O)NCCC(=O)[O-])cc1)N1C(=O)C(c2cc(F)cc(F)c2)=NC12CCC(C(C)(C)CC)CC2.[Na+]. The van der Waals surface area contributed by atoms with Crippen LogP contribution in [0.5, 0.6) is 0 Å². The van der Waals surface area contributed by atoms with Gasteiger partial charge in [-0.05, 0) is 73.3 Å². The Balaban J connectivity index is 0.00000506. The summed E-state index contributed by atoms with van der Waals surface area (Å²) in [6, 6.07) is 9.66. The molecule has 0 radical (unpaired) electrons. The summed E-state index contributed by atoms with van der Waals surface area (Å²) in [4.78, 5) is 44.2. The van der Waals surface area contributed by atoms with Crippen molar-refractivity contribution in [1.82, 2.24) is 10.2 Å². The molecule has 1 saturated carbocycles. The van der Waals surface area contributed by atoms with Gasteiger partial charge in [0, 0.05) is 36.1 Å². The molecule has 1 atom stereocenters. The number of nitrogens with one attached hydrogen (secondary N) is 1. The summed E-state index contributed by atoms with van der Waals surface area (Å²) in [5, 5.41) is 13.2. The first-order valence-electron chi connectivity index (χ1n) is 14.9. The molecule has 0 unspecified atom stereocenters. The van der Waals surface area contributed by atoms with Crippen LogP contribution >= 0.6 is 0 Å². The monoisotopic (exact) mass is 603 g/mol. The van der Waals surface area contributed by atoms with Gasteiger partial charge in [-0.15, -0.1) is 0 Å². The van der Waals surface area contributed by atoms with E-state index in [4.69, 9.17) is 4.99 Å². The first kappa shape index (κ1) is 34.9. The second kappa shape index (κ2) is 14.4. The average Bonchev–Trinajstić information content (AvgIpc) is 3.22. The maximum atomic E-state index is 14.2. The van der Waals surface area contributed by atoms with Gasteiger partial charge in [0.05, 0.1) is 6.04 Å². The largest absolute Gasteiger partial charge is 1.00 e. The number of halogens is 2. The summed E-state index contributed by atoms with van der Waals surface area (Å²) in [5.41, 5.74) is 0.711. The number of aliphatic carboxylic acids is 1. The fourth-order valence-electron chi connectivity index (χ4n) is 6.38. The van der Waals surface area contributed by atoms with Crippen LogP contribution in [0.1, 0.15) is 107 Å². The Bertz CT molecular complexity index is 1330. The quantitative estimate of drug-likeness (QED) is 0.399. The van der Waals surface area contributed by atoms with Crippen molar-refractivity contribution < 1.29 is 57.8 Å². The number of aliphatic imine (C=N–C) groups is 1. The molecule has 0 aromatic heterocycles. The molecule has 1 fully saturated rings. The van der Waals surface area contributed by atoms with Crippen LogP contribution in [0.3, 0.4) is 0 Å². The second-order valence-corrected chi connectivity index (χ2v) is 12.2. The van der Waals surface area contributed by atoms with Crippen LogP contribution in [0.15, 0.2) is 47.5 Å². The van der Waals surface area contributed by atoms with E-state index in [0.717, 1.165) is 49.4 Å².